The van der Waals surface area contributed by atoms with Gasteiger partial charge in [-0.1, -0.05) is 6.07 Å². The summed E-state index contributed by atoms with van der Waals surface area (Å²) in [6.45, 7) is 5.47. The molecule has 102 valence electrons. The summed E-state index contributed by atoms with van der Waals surface area (Å²) in [4.78, 5) is 19.3. The van der Waals surface area contributed by atoms with Crippen LogP contribution >= 0.6 is 0 Å². The Morgan fingerprint density at radius 1 is 1.47 bits per heavy atom. The zero-order chi connectivity index (χ0) is 14.2. The molecule has 1 atom stereocenters. The number of imidazole rings is 1. The van der Waals surface area contributed by atoms with Gasteiger partial charge in [-0.2, -0.15) is 0 Å². The van der Waals surface area contributed by atoms with Crippen LogP contribution in [-0.2, 0) is 9.53 Å². The number of ether oxygens (including phenoxy) is 1. The molecule has 1 heterocycles. The summed E-state index contributed by atoms with van der Waals surface area (Å²) >= 11 is 0. The first-order valence-corrected chi connectivity index (χ1v) is 6.16. The molecular weight excluding hydrogens is 242 g/mol. The zero-order valence-corrected chi connectivity index (χ0v) is 11.7. The number of fused-ring (bicyclic) bond motifs is 1. The summed E-state index contributed by atoms with van der Waals surface area (Å²) < 4.78 is 4.81. The lowest BCUT2D eigenvalue weighted by atomic mass is 9.81. The van der Waals surface area contributed by atoms with E-state index in [0.29, 0.717) is 0 Å². The van der Waals surface area contributed by atoms with Gasteiger partial charge in [-0.15, -0.1) is 0 Å². The van der Waals surface area contributed by atoms with Crippen LogP contribution in [0.1, 0.15) is 31.3 Å². The predicted octanol–water partition coefficient (Wildman–Crippen LogP) is 2.07. The summed E-state index contributed by atoms with van der Waals surface area (Å²) in [7, 11) is 1.37. The maximum absolute atomic E-state index is 11.8. The monoisotopic (exact) mass is 261 g/mol. The second-order valence-corrected chi connectivity index (χ2v) is 5.29. The van der Waals surface area contributed by atoms with Crippen LogP contribution in [0, 0.1) is 12.3 Å². The van der Waals surface area contributed by atoms with Crippen molar-refractivity contribution >= 4 is 17.0 Å². The van der Waals surface area contributed by atoms with E-state index in [9.17, 15) is 4.79 Å². The molecule has 0 aliphatic rings. The fourth-order valence-corrected chi connectivity index (χ4v) is 2.15. The molecule has 5 heteroatoms. The van der Waals surface area contributed by atoms with Crippen LogP contribution in [0.5, 0.6) is 0 Å². The Bertz CT molecular complexity index is 616. The third kappa shape index (κ3) is 2.33. The van der Waals surface area contributed by atoms with Crippen LogP contribution in [0.25, 0.3) is 11.0 Å². The summed E-state index contributed by atoms with van der Waals surface area (Å²) in [5.74, 6) is 0.536. The van der Waals surface area contributed by atoms with Crippen molar-refractivity contribution in [2.45, 2.75) is 26.8 Å². The Kier molecular flexibility index (Phi) is 3.32. The number of hydrogen-bond donors (Lipinski definition) is 2. The van der Waals surface area contributed by atoms with Gasteiger partial charge in [0, 0.05) is 6.04 Å². The van der Waals surface area contributed by atoms with Crippen molar-refractivity contribution < 1.29 is 9.53 Å². The number of aromatic nitrogens is 2. The van der Waals surface area contributed by atoms with E-state index in [4.69, 9.17) is 10.5 Å². The Balaban J connectivity index is 2.40. The highest BCUT2D eigenvalue weighted by Gasteiger charge is 2.36. The second kappa shape index (κ2) is 4.66. The molecule has 1 unspecified atom stereocenters. The molecule has 0 bridgehead atoms. The molecule has 2 rings (SSSR count). The lowest BCUT2D eigenvalue weighted by molar-refractivity contribution is -0.152. The van der Waals surface area contributed by atoms with Gasteiger partial charge < -0.3 is 15.5 Å². The molecule has 19 heavy (non-hydrogen) atoms. The van der Waals surface area contributed by atoms with E-state index in [-0.39, 0.29) is 5.97 Å². The fourth-order valence-electron chi connectivity index (χ4n) is 2.15. The fraction of sp³-hybridized carbons (Fsp3) is 0.429. The van der Waals surface area contributed by atoms with Crippen LogP contribution in [0.4, 0.5) is 0 Å². The molecule has 0 aliphatic carbocycles. The SMILES string of the molecule is COC(=O)C(C)(C)C(N)c1ccc2nc(C)[nH]c2c1. The standard InChI is InChI=1S/C14H19N3O2/c1-8-16-10-6-5-9(7-11(10)17-8)12(15)14(2,3)13(18)19-4/h5-7,12H,15H2,1-4H3,(H,16,17). The number of carbonyl (C=O) groups excluding carboxylic acids is 1. The van der Waals surface area contributed by atoms with Crippen molar-refractivity contribution in [3.8, 4) is 0 Å². The zero-order valence-electron chi connectivity index (χ0n) is 11.7. The summed E-state index contributed by atoms with van der Waals surface area (Å²) in [6, 6.07) is 5.30. The first-order valence-electron chi connectivity index (χ1n) is 6.16. The van der Waals surface area contributed by atoms with Gasteiger partial charge in [-0.3, -0.25) is 4.79 Å². The third-order valence-electron chi connectivity index (χ3n) is 3.47. The van der Waals surface area contributed by atoms with Crippen molar-refractivity contribution in [1.29, 1.82) is 0 Å². The smallest absolute Gasteiger partial charge is 0.313 e. The van der Waals surface area contributed by atoms with E-state index < -0.39 is 11.5 Å². The molecule has 1 aromatic heterocycles. The number of carbonyl (C=O) groups is 1. The number of nitrogens with one attached hydrogen (secondary N) is 1. The quantitative estimate of drug-likeness (QED) is 0.829. The van der Waals surface area contributed by atoms with Gasteiger partial charge in [0.15, 0.2) is 0 Å². The number of H-pyrrole nitrogens is 1. The van der Waals surface area contributed by atoms with E-state index in [1.165, 1.54) is 7.11 Å². The maximum Gasteiger partial charge on any atom is 0.313 e. The van der Waals surface area contributed by atoms with Gasteiger partial charge in [0.1, 0.15) is 5.82 Å². The van der Waals surface area contributed by atoms with Gasteiger partial charge in [0.2, 0.25) is 0 Å². The third-order valence-corrected chi connectivity index (χ3v) is 3.47. The number of esters is 1. The van der Waals surface area contributed by atoms with E-state index >= 15 is 0 Å². The van der Waals surface area contributed by atoms with Gasteiger partial charge in [-0.05, 0) is 38.5 Å². The Hall–Kier alpha value is -1.88. The van der Waals surface area contributed by atoms with E-state index in [1.807, 2.05) is 25.1 Å². The topological polar surface area (TPSA) is 81.0 Å². The van der Waals surface area contributed by atoms with Crippen molar-refractivity contribution in [3.05, 3.63) is 29.6 Å². The normalized spacial score (nSPS) is 13.5. The predicted molar refractivity (Wildman–Crippen MR) is 73.6 cm³/mol. The van der Waals surface area contributed by atoms with E-state index in [2.05, 4.69) is 9.97 Å². The summed E-state index contributed by atoms with van der Waals surface area (Å²) in [5, 5.41) is 0. The van der Waals surface area contributed by atoms with E-state index in [0.717, 1.165) is 22.4 Å². The van der Waals surface area contributed by atoms with Crippen LogP contribution < -0.4 is 5.73 Å². The number of rotatable bonds is 3. The van der Waals surface area contributed by atoms with Crippen LogP contribution in [-0.4, -0.2) is 23.0 Å². The number of nitrogens with zero attached hydrogens (tertiary/aromatic N) is 1. The van der Waals surface area contributed by atoms with Crippen molar-refractivity contribution in [2.24, 2.45) is 11.1 Å². The lowest BCUT2D eigenvalue weighted by Gasteiger charge is -2.28. The molecule has 0 fully saturated rings. The highest BCUT2D eigenvalue weighted by molar-refractivity contribution is 5.79. The molecule has 1 aromatic carbocycles. The average molecular weight is 261 g/mol. The molecule has 2 aromatic rings. The average Bonchev–Trinajstić information content (AvgIpc) is 2.75. The number of nitrogens with two attached hydrogens (primary N) is 1. The summed E-state index contributed by atoms with van der Waals surface area (Å²) in [5.41, 5.74) is 8.13. The van der Waals surface area contributed by atoms with Gasteiger partial charge in [0.05, 0.1) is 23.6 Å². The maximum atomic E-state index is 11.8. The van der Waals surface area contributed by atoms with Crippen LogP contribution in [0.15, 0.2) is 18.2 Å². The van der Waals surface area contributed by atoms with Crippen molar-refractivity contribution in [1.82, 2.24) is 9.97 Å². The molecule has 0 saturated carbocycles. The minimum absolute atomic E-state index is 0.319. The molecule has 0 spiro atoms. The number of benzene rings is 1. The molecule has 0 saturated heterocycles. The first-order chi connectivity index (χ1) is 8.86. The van der Waals surface area contributed by atoms with Crippen LogP contribution in [0.3, 0.4) is 0 Å². The Labute approximate surface area is 112 Å². The highest BCUT2D eigenvalue weighted by Crippen LogP contribution is 2.33. The number of aryl methyl sites for hydroxylation is 1. The molecule has 0 radical (unpaired) electrons. The van der Waals surface area contributed by atoms with Crippen LogP contribution in [0.2, 0.25) is 0 Å². The number of methoxy groups -OCH3 is 1. The second-order valence-electron chi connectivity index (χ2n) is 5.29. The molecule has 0 amide bonds. The highest BCUT2D eigenvalue weighted by atomic mass is 16.5. The Morgan fingerprint density at radius 3 is 2.79 bits per heavy atom. The summed E-state index contributed by atoms with van der Waals surface area (Å²) in [6.07, 6.45) is 0. The minimum atomic E-state index is -0.780. The lowest BCUT2D eigenvalue weighted by Crippen LogP contribution is -2.37. The van der Waals surface area contributed by atoms with E-state index in [1.54, 1.807) is 13.8 Å². The number of aromatic amines is 1. The van der Waals surface area contributed by atoms with Gasteiger partial charge in [0.25, 0.3) is 0 Å². The number of hydrogen-bond acceptors (Lipinski definition) is 4. The molecule has 0 aliphatic heterocycles. The molecule has 5 nitrogen and oxygen atoms in total. The van der Waals surface area contributed by atoms with Crippen molar-refractivity contribution in [2.75, 3.05) is 7.11 Å². The molecule has 3 N–H and O–H groups in total. The minimum Gasteiger partial charge on any atom is -0.469 e. The Morgan fingerprint density at radius 2 is 2.16 bits per heavy atom. The molecular formula is C14H19N3O2. The largest absolute Gasteiger partial charge is 0.469 e. The van der Waals surface area contributed by atoms with Gasteiger partial charge in [-0.25, -0.2) is 4.98 Å². The first kappa shape index (κ1) is 13.5. The van der Waals surface area contributed by atoms with Gasteiger partial charge >= 0.3 is 5.97 Å². The van der Waals surface area contributed by atoms with Crippen molar-refractivity contribution in [3.63, 3.8) is 0 Å².